The lowest BCUT2D eigenvalue weighted by Crippen LogP contribution is -2.69. The van der Waals surface area contributed by atoms with Gasteiger partial charge in [-0.1, -0.05) is 30.3 Å². The van der Waals surface area contributed by atoms with Crippen molar-refractivity contribution in [3.63, 3.8) is 0 Å². The van der Waals surface area contributed by atoms with Crippen molar-refractivity contribution in [3.05, 3.63) is 56.1 Å². The predicted molar refractivity (Wildman–Crippen MR) is 116 cm³/mol. The Labute approximate surface area is 191 Å². The fraction of sp³-hybridized carbons (Fsp3) is 0.652. The van der Waals surface area contributed by atoms with Gasteiger partial charge in [0, 0.05) is 35.5 Å². The van der Waals surface area contributed by atoms with Crippen LogP contribution in [0.5, 0.6) is 0 Å². The van der Waals surface area contributed by atoms with Gasteiger partial charge in [0.15, 0.2) is 0 Å². The van der Waals surface area contributed by atoms with Gasteiger partial charge in [0.05, 0.1) is 31.0 Å². The molecule has 0 heterocycles. The Bertz CT molecular complexity index is 839. The fourth-order valence-corrected chi connectivity index (χ4v) is 5.99. The van der Waals surface area contributed by atoms with Crippen molar-refractivity contribution in [2.75, 3.05) is 13.2 Å². The smallest absolute Gasteiger partial charge is 0.309 e. The molecule has 2 fully saturated rings. The van der Waals surface area contributed by atoms with Crippen molar-refractivity contribution >= 4 is 11.9 Å². The van der Waals surface area contributed by atoms with Crippen LogP contribution < -0.4 is 0 Å². The van der Waals surface area contributed by atoms with E-state index >= 15 is 0 Å². The number of benzene rings is 1. The molecule has 2 bridgehead atoms. The molecule has 2 saturated carbocycles. The number of nitrogens with zero attached hydrogens (tertiary/aromatic N) is 2. The molecule has 0 radical (unpaired) electrons. The van der Waals surface area contributed by atoms with Crippen molar-refractivity contribution in [1.29, 1.82) is 0 Å². The molecule has 3 rings (SSSR count). The highest BCUT2D eigenvalue weighted by atomic mass is 16.6. The van der Waals surface area contributed by atoms with Crippen LogP contribution in [-0.4, -0.2) is 46.1 Å². The van der Waals surface area contributed by atoms with Gasteiger partial charge >= 0.3 is 11.9 Å². The number of hydrogen-bond donors (Lipinski definition) is 0. The van der Waals surface area contributed by atoms with E-state index in [9.17, 15) is 29.8 Å². The number of fused-ring (bicyclic) bond motifs is 2. The van der Waals surface area contributed by atoms with E-state index in [4.69, 9.17) is 9.47 Å². The Morgan fingerprint density at radius 1 is 0.879 bits per heavy atom. The van der Waals surface area contributed by atoms with E-state index in [0.717, 1.165) is 5.56 Å². The SMILES string of the molecule is CCOC(=O)C1CC2([N+](=O)[O-])CC(C(=O)OCC)CC([N+](=O)[O-])(C1)C2CCc1ccccc1. The third-order valence-electron chi connectivity index (χ3n) is 7.23. The maximum atomic E-state index is 12.6. The Morgan fingerprint density at radius 2 is 1.30 bits per heavy atom. The first kappa shape index (κ1) is 24.6. The van der Waals surface area contributed by atoms with Crippen LogP contribution in [0.3, 0.4) is 0 Å². The number of nitro groups is 2. The molecule has 0 saturated heterocycles. The number of rotatable bonds is 9. The maximum Gasteiger partial charge on any atom is 0.309 e. The first-order valence-corrected chi connectivity index (χ1v) is 11.4. The molecule has 10 heteroatoms. The average Bonchev–Trinajstić information content (AvgIpc) is 2.77. The summed E-state index contributed by atoms with van der Waals surface area (Å²) in [5, 5.41) is 25.2. The Morgan fingerprint density at radius 3 is 1.67 bits per heavy atom. The summed E-state index contributed by atoms with van der Waals surface area (Å²) in [4.78, 5) is 49.4. The zero-order chi connectivity index (χ0) is 24.2. The molecule has 0 N–H and O–H groups in total. The van der Waals surface area contributed by atoms with E-state index in [1.165, 1.54) is 0 Å². The number of ether oxygens (including phenoxy) is 2. The average molecular weight is 462 g/mol. The maximum absolute atomic E-state index is 12.6. The monoisotopic (exact) mass is 462 g/mol. The van der Waals surface area contributed by atoms with Crippen molar-refractivity contribution in [3.8, 4) is 0 Å². The predicted octanol–water partition coefficient (Wildman–Crippen LogP) is 3.21. The molecule has 0 aromatic heterocycles. The highest BCUT2D eigenvalue weighted by molar-refractivity contribution is 5.75. The second-order valence-electron chi connectivity index (χ2n) is 9.01. The number of aryl methyl sites for hydroxylation is 1. The van der Waals surface area contributed by atoms with E-state index in [1.807, 2.05) is 30.3 Å². The van der Waals surface area contributed by atoms with Crippen molar-refractivity contribution in [2.45, 2.75) is 63.5 Å². The van der Waals surface area contributed by atoms with Crippen LogP contribution in [0.25, 0.3) is 0 Å². The fourth-order valence-electron chi connectivity index (χ4n) is 5.99. The summed E-state index contributed by atoms with van der Waals surface area (Å²) in [6, 6.07) is 9.29. The first-order valence-electron chi connectivity index (χ1n) is 11.4. The van der Waals surface area contributed by atoms with Crippen LogP contribution in [0.4, 0.5) is 0 Å². The summed E-state index contributed by atoms with van der Waals surface area (Å²) in [6.07, 6.45) is -0.136. The quantitative estimate of drug-likeness (QED) is 0.310. The highest BCUT2D eigenvalue weighted by Crippen LogP contribution is 2.58. The van der Waals surface area contributed by atoms with Gasteiger partial charge in [0.2, 0.25) is 11.1 Å². The highest BCUT2D eigenvalue weighted by Gasteiger charge is 2.74. The molecular weight excluding hydrogens is 432 g/mol. The van der Waals surface area contributed by atoms with Gasteiger partial charge in [-0.05, 0) is 32.3 Å². The van der Waals surface area contributed by atoms with Gasteiger partial charge in [-0.25, -0.2) is 0 Å². The minimum absolute atomic E-state index is 0.0785. The molecule has 0 atom stereocenters. The Hall–Kier alpha value is -3.04. The van der Waals surface area contributed by atoms with E-state index in [1.54, 1.807) is 13.8 Å². The zero-order valence-electron chi connectivity index (χ0n) is 18.9. The van der Waals surface area contributed by atoms with Crippen LogP contribution >= 0.6 is 0 Å². The second-order valence-corrected chi connectivity index (χ2v) is 9.01. The second kappa shape index (κ2) is 9.84. The molecule has 0 aliphatic heterocycles. The summed E-state index contributed by atoms with van der Waals surface area (Å²) in [5.74, 6) is -4.21. The summed E-state index contributed by atoms with van der Waals surface area (Å²) >= 11 is 0. The molecule has 2 aliphatic carbocycles. The third kappa shape index (κ3) is 4.56. The van der Waals surface area contributed by atoms with Gasteiger partial charge in [-0.15, -0.1) is 0 Å². The molecule has 33 heavy (non-hydrogen) atoms. The molecule has 1 aromatic rings. The van der Waals surface area contributed by atoms with E-state index in [2.05, 4.69) is 0 Å². The van der Waals surface area contributed by atoms with Gasteiger partial charge in [0.25, 0.3) is 0 Å². The van der Waals surface area contributed by atoms with Gasteiger partial charge in [-0.2, -0.15) is 0 Å². The van der Waals surface area contributed by atoms with Crippen LogP contribution in [0.15, 0.2) is 30.3 Å². The molecule has 0 spiro atoms. The molecular formula is C23H30N2O8. The zero-order valence-corrected chi connectivity index (χ0v) is 18.9. The lowest BCUT2D eigenvalue weighted by Gasteiger charge is -2.51. The van der Waals surface area contributed by atoms with Gasteiger partial charge < -0.3 is 9.47 Å². The molecule has 0 unspecified atom stereocenters. The van der Waals surface area contributed by atoms with Crippen LogP contribution in [-0.2, 0) is 25.5 Å². The molecule has 0 amide bonds. The minimum Gasteiger partial charge on any atom is -0.466 e. The molecule has 2 aliphatic rings. The summed E-state index contributed by atoms with van der Waals surface area (Å²) in [7, 11) is 0. The van der Waals surface area contributed by atoms with Gasteiger partial charge in [0.1, 0.15) is 0 Å². The number of carbonyl (C=O) groups excluding carboxylic acids is 2. The summed E-state index contributed by atoms with van der Waals surface area (Å²) in [6.45, 7) is 3.39. The topological polar surface area (TPSA) is 139 Å². The third-order valence-corrected chi connectivity index (χ3v) is 7.23. The summed E-state index contributed by atoms with van der Waals surface area (Å²) < 4.78 is 10.2. The largest absolute Gasteiger partial charge is 0.466 e. The lowest BCUT2D eigenvalue weighted by atomic mass is 9.50. The first-order chi connectivity index (χ1) is 15.7. The molecule has 1 aromatic carbocycles. The number of esters is 2. The van der Waals surface area contributed by atoms with Crippen LogP contribution in [0, 0.1) is 38.0 Å². The van der Waals surface area contributed by atoms with Crippen molar-refractivity contribution in [1.82, 2.24) is 0 Å². The number of carbonyl (C=O) groups is 2. The van der Waals surface area contributed by atoms with E-state index in [-0.39, 0.29) is 45.3 Å². The van der Waals surface area contributed by atoms with E-state index < -0.39 is 50.6 Å². The Balaban J connectivity index is 2.08. The minimum atomic E-state index is -1.80. The van der Waals surface area contributed by atoms with E-state index in [0.29, 0.717) is 6.42 Å². The normalized spacial score (nSPS) is 30.8. The van der Waals surface area contributed by atoms with Crippen LogP contribution in [0.2, 0.25) is 0 Å². The van der Waals surface area contributed by atoms with Crippen molar-refractivity contribution in [2.24, 2.45) is 17.8 Å². The lowest BCUT2D eigenvalue weighted by molar-refractivity contribution is -0.655. The van der Waals surface area contributed by atoms with Crippen LogP contribution in [0.1, 0.15) is 51.5 Å². The standard InChI is InChI=1S/C23H30N2O8/c1-3-32-20(26)17-12-22(24(28)29)14-18(21(27)33-4-2)15-23(13-17,25(30)31)19(22)11-10-16-8-6-5-7-9-16/h5-9,17-19H,3-4,10-15H2,1-2H3. The van der Waals surface area contributed by atoms with Crippen molar-refractivity contribution < 1.29 is 28.9 Å². The number of hydrogen-bond acceptors (Lipinski definition) is 8. The molecule has 180 valence electrons. The summed E-state index contributed by atoms with van der Waals surface area (Å²) in [5.41, 5.74) is -2.68. The Kier molecular flexibility index (Phi) is 7.34. The molecule has 10 nitrogen and oxygen atoms in total. The van der Waals surface area contributed by atoms with Gasteiger partial charge in [-0.3, -0.25) is 29.8 Å².